The standard InChI is InChI=1S/C24H26N4O4S/c1-16(23(29)25-17-6-7-20-21(14-17)32-13-12-31-20)33-24-18-4-2-3-5-19(18)26-22(27-24)15-28-8-10-30-11-9-28/h2-7,14,16H,8-13,15H2,1H3,(H,25,29). The van der Waals surface area contributed by atoms with Crippen molar-refractivity contribution in [3.05, 3.63) is 48.3 Å². The molecule has 172 valence electrons. The van der Waals surface area contributed by atoms with Crippen LogP contribution in [0.15, 0.2) is 47.5 Å². The lowest BCUT2D eigenvalue weighted by atomic mass is 10.2. The van der Waals surface area contributed by atoms with E-state index in [-0.39, 0.29) is 11.2 Å². The Morgan fingerprint density at radius 1 is 1.06 bits per heavy atom. The van der Waals surface area contributed by atoms with Gasteiger partial charge in [0, 0.05) is 30.2 Å². The molecule has 1 aromatic heterocycles. The van der Waals surface area contributed by atoms with Crippen LogP contribution in [0.3, 0.4) is 0 Å². The number of anilines is 1. The van der Waals surface area contributed by atoms with Crippen LogP contribution in [0.2, 0.25) is 0 Å². The third kappa shape index (κ3) is 5.21. The summed E-state index contributed by atoms with van der Waals surface area (Å²) in [5.74, 6) is 2.00. The van der Waals surface area contributed by atoms with Crippen molar-refractivity contribution >= 4 is 34.3 Å². The first-order chi connectivity index (χ1) is 16.2. The highest BCUT2D eigenvalue weighted by Crippen LogP contribution is 2.33. The van der Waals surface area contributed by atoms with Crippen molar-refractivity contribution in [1.82, 2.24) is 14.9 Å². The summed E-state index contributed by atoms with van der Waals surface area (Å²) >= 11 is 1.44. The summed E-state index contributed by atoms with van der Waals surface area (Å²) in [6.07, 6.45) is 0. The molecule has 1 fully saturated rings. The van der Waals surface area contributed by atoms with E-state index < -0.39 is 0 Å². The molecule has 2 aromatic carbocycles. The molecule has 2 aliphatic heterocycles. The average molecular weight is 467 g/mol. The summed E-state index contributed by atoms with van der Waals surface area (Å²) in [5.41, 5.74) is 1.56. The van der Waals surface area contributed by atoms with E-state index >= 15 is 0 Å². The van der Waals surface area contributed by atoms with Crippen LogP contribution in [0.5, 0.6) is 11.5 Å². The Morgan fingerprint density at radius 3 is 2.70 bits per heavy atom. The van der Waals surface area contributed by atoms with Gasteiger partial charge in [-0.2, -0.15) is 0 Å². The first-order valence-corrected chi connectivity index (χ1v) is 12.0. The Bertz CT molecular complexity index is 1150. The van der Waals surface area contributed by atoms with Gasteiger partial charge in [-0.05, 0) is 25.1 Å². The van der Waals surface area contributed by atoms with Gasteiger partial charge in [0.2, 0.25) is 5.91 Å². The molecule has 0 saturated carbocycles. The minimum Gasteiger partial charge on any atom is -0.486 e. The highest BCUT2D eigenvalue weighted by molar-refractivity contribution is 8.00. The summed E-state index contributed by atoms with van der Waals surface area (Å²) in [5, 5.41) is 4.39. The molecule has 1 amide bonds. The molecule has 0 spiro atoms. The minimum absolute atomic E-state index is 0.103. The summed E-state index contributed by atoms with van der Waals surface area (Å²) in [7, 11) is 0. The molecular weight excluding hydrogens is 440 g/mol. The number of ether oxygens (including phenoxy) is 3. The van der Waals surface area contributed by atoms with Gasteiger partial charge in [-0.1, -0.05) is 30.0 Å². The number of para-hydroxylation sites is 1. The van der Waals surface area contributed by atoms with E-state index in [0.29, 0.717) is 36.9 Å². The quantitative estimate of drug-likeness (QED) is 0.437. The van der Waals surface area contributed by atoms with Crippen molar-refractivity contribution in [2.45, 2.75) is 23.7 Å². The topological polar surface area (TPSA) is 85.8 Å². The van der Waals surface area contributed by atoms with E-state index in [2.05, 4.69) is 10.2 Å². The molecule has 5 rings (SSSR count). The Balaban J connectivity index is 1.32. The number of aromatic nitrogens is 2. The van der Waals surface area contributed by atoms with Crippen molar-refractivity contribution in [3.8, 4) is 11.5 Å². The van der Waals surface area contributed by atoms with Gasteiger partial charge in [0.1, 0.15) is 24.1 Å². The molecule has 0 bridgehead atoms. The molecule has 1 saturated heterocycles. The number of nitrogens with one attached hydrogen (secondary N) is 1. The second kappa shape index (κ2) is 9.94. The zero-order valence-corrected chi connectivity index (χ0v) is 19.3. The van der Waals surface area contributed by atoms with Gasteiger partial charge in [-0.15, -0.1) is 0 Å². The van der Waals surface area contributed by atoms with Gasteiger partial charge in [0.05, 0.1) is 30.5 Å². The second-order valence-corrected chi connectivity index (χ2v) is 9.29. The predicted molar refractivity (Wildman–Crippen MR) is 127 cm³/mol. The van der Waals surface area contributed by atoms with Gasteiger partial charge >= 0.3 is 0 Å². The summed E-state index contributed by atoms with van der Waals surface area (Å²) in [6.45, 7) is 6.78. The zero-order valence-electron chi connectivity index (χ0n) is 18.5. The van der Waals surface area contributed by atoms with Crippen LogP contribution >= 0.6 is 11.8 Å². The third-order valence-electron chi connectivity index (χ3n) is 5.55. The highest BCUT2D eigenvalue weighted by atomic mass is 32.2. The Morgan fingerprint density at radius 2 is 1.85 bits per heavy atom. The van der Waals surface area contributed by atoms with Gasteiger partial charge in [-0.3, -0.25) is 9.69 Å². The average Bonchev–Trinajstić information content (AvgIpc) is 2.84. The summed E-state index contributed by atoms with van der Waals surface area (Å²) in [6, 6.07) is 13.4. The second-order valence-electron chi connectivity index (χ2n) is 7.96. The van der Waals surface area contributed by atoms with E-state index in [0.717, 1.165) is 48.1 Å². The first kappa shape index (κ1) is 21.9. The van der Waals surface area contributed by atoms with Gasteiger partial charge in [0.15, 0.2) is 11.5 Å². The maximum atomic E-state index is 13.0. The molecule has 8 nitrogen and oxygen atoms in total. The molecule has 0 aliphatic carbocycles. The Kier molecular flexibility index (Phi) is 6.61. The summed E-state index contributed by atoms with van der Waals surface area (Å²) in [4.78, 5) is 24.8. The Hall–Kier alpha value is -2.88. The highest BCUT2D eigenvalue weighted by Gasteiger charge is 2.20. The molecular formula is C24H26N4O4S. The Labute approximate surface area is 196 Å². The number of carbonyl (C=O) groups excluding carboxylic acids is 1. The molecule has 1 atom stereocenters. The molecule has 33 heavy (non-hydrogen) atoms. The molecule has 2 aliphatic rings. The normalized spacial score (nSPS) is 17.0. The fourth-order valence-electron chi connectivity index (χ4n) is 3.80. The number of fused-ring (bicyclic) bond motifs is 2. The van der Waals surface area contributed by atoms with Gasteiger partial charge in [-0.25, -0.2) is 9.97 Å². The number of carbonyl (C=O) groups is 1. The minimum atomic E-state index is -0.354. The lowest BCUT2D eigenvalue weighted by Gasteiger charge is -2.26. The largest absolute Gasteiger partial charge is 0.486 e. The van der Waals surface area contributed by atoms with Crippen LogP contribution in [-0.2, 0) is 16.1 Å². The predicted octanol–water partition coefficient (Wildman–Crippen LogP) is 3.35. The molecule has 1 N–H and O–H groups in total. The lowest BCUT2D eigenvalue weighted by molar-refractivity contribution is -0.115. The van der Waals surface area contributed by atoms with Crippen LogP contribution in [0, 0.1) is 0 Å². The number of nitrogens with zero attached hydrogens (tertiary/aromatic N) is 3. The maximum absolute atomic E-state index is 13.0. The number of benzene rings is 2. The number of thioether (sulfide) groups is 1. The van der Waals surface area contributed by atoms with Crippen LogP contribution in [0.4, 0.5) is 5.69 Å². The zero-order chi connectivity index (χ0) is 22.6. The fraction of sp³-hybridized carbons (Fsp3) is 0.375. The number of amides is 1. The van der Waals surface area contributed by atoms with Crippen LogP contribution in [0.25, 0.3) is 10.9 Å². The van der Waals surface area contributed by atoms with Crippen molar-refractivity contribution < 1.29 is 19.0 Å². The lowest BCUT2D eigenvalue weighted by Crippen LogP contribution is -2.36. The third-order valence-corrected chi connectivity index (χ3v) is 6.65. The van der Waals surface area contributed by atoms with E-state index in [1.807, 2.05) is 43.3 Å². The van der Waals surface area contributed by atoms with Crippen LogP contribution in [-0.4, -0.2) is 65.5 Å². The summed E-state index contributed by atoms with van der Waals surface area (Å²) < 4.78 is 16.6. The van der Waals surface area contributed by atoms with Crippen molar-refractivity contribution in [1.29, 1.82) is 0 Å². The van der Waals surface area contributed by atoms with Crippen molar-refractivity contribution in [2.75, 3.05) is 44.8 Å². The molecule has 9 heteroatoms. The molecule has 0 radical (unpaired) electrons. The molecule has 3 aromatic rings. The number of hydrogen-bond donors (Lipinski definition) is 1. The monoisotopic (exact) mass is 466 g/mol. The first-order valence-electron chi connectivity index (χ1n) is 11.1. The number of morpholine rings is 1. The van der Waals surface area contributed by atoms with E-state index in [1.165, 1.54) is 11.8 Å². The van der Waals surface area contributed by atoms with Gasteiger partial charge in [0.25, 0.3) is 0 Å². The van der Waals surface area contributed by atoms with Crippen molar-refractivity contribution in [2.24, 2.45) is 0 Å². The van der Waals surface area contributed by atoms with Crippen LogP contribution in [0.1, 0.15) is 12.7 Å². The maximum Gasteiger partial charge on any atom is 0.237 e. The van der Waals surface area contributed by atoms with E-state index in [9.17, 15) is 4.79 Å². The number of rotatable bonds is 6. The SMILES string of the molecule is CC(Sc1nc(CN2CCOCC2)nc2ccccc12)C(=O)Nc1ccc2c(c1)OCCO2. The molecule has 1 unspecified atom stereocenters. The van der Waals surface area contributed by atoms with Gasteiger partial charge < -0.3 is 19.5 Å². The molecule has 3 heterocycles. The smallest absolute Gasteiger partial charge is 0.237 e. The number of hydrogen-bond acceptors (Lipinski definition) is 8. The van der Waals surface area contributed by atoms with Crippen molar-refractivity contribution in [3.63, 3.8) is 0 Å². The van der Waals surface area contributed by atoms with E-state index in [4.69, 9.17) is 24.2 Å². The fourth-order valence-corrected chi connectivity index (χ4v) is 4.76. The van der Waals surface area contributed by atoms with Crippen LogP contribution < -0.4 is 14.8 Å². The van der Waals surface area contributed by atoms with E-state index in [1.54, 1.807) is 6.07 Å².